The predicted octanol–water partition coefficient (Wildman–Crippen LogP) is 1.92. The minimum atomic E-state index is -1.15. The third-order valence-electron chi connectivity index (χ3n) is 5.29. The van der Waals surface area contributed by atoms with E-state index in [0.29, 0.717) is 18.7 Å². The van der Waals surface area contributed by atoms with Gasteiger partial charge in [-0.3, -0.25) is 14.5 Å². The van der Waals surface area contributed by atoms with Crippen molar-refractivity contribution in [2.24, 2.45) is 0 Å². The van der Waals surface area contributed by atoms with Crippen molar-refractivity contribution in [2.45, 2.75) is 25.3 Å². The fraction of sp³-hybridized carbons (Fsp3) is 0.348. The first-order chi connectivity index (χ1) is 14.9. The van der Waals surface area contributed by atoms with Crippen molar-refractivity contribution < 1.29 is 23.9 Å². The van der Waals surface area contributed by atoms with E-state index in [-0.39, 0.29) is 13.0 Å². The summed E-state index contributed by atoms with van der Waals surface area (Å²) in [7, 11) is 3.15. The minimum absolute atomic E-state index is 0.257. The molecule has 0 spiro atoms. The lowest BCUT2D eigenvalue weighted by molar-refractivity contribution is -0.134. The molecule has 3 rings (SSSR count). The number of ether oxygens (including phenoxy) is 2. The molecule has 1 saturated heterocycles. The Labute approximate surface area is 181 Å². The smallest absolute Gasteiger partial charge is 0.325 e. The highest BCUT2D eigenvalue weighted by molar-refractivity contribution is 6.09. The molecule has 8 heteroatoms. The number of imide groups is 1. The molecule has 0 saturated carbocycles. The lowest BCUT2D eigenvalue weighted by Gasteiger charge is -2.22. The predicted molar refractivity (Wildman–Crippen MR) is 115 cm³/mol. The Kier molecular flexibility index (Phi) is 6.79. The van der Waals surface area contributed by atoms with E-state index in [1.54, 1.807) is 27.2 Å². The van der Waals surface area contributed by atoms with Crippen molar-refractivity contribution >= 4 is 17.8 Å². The largest absolute Gasteiger partial charge is 0.496 e. The van der Waals surface area contributed by atoms with Crippen molar-refractivity contribution in [3.8, 4) is 11.5 Å². The number of carbonyl (C=O) groups is 3. The quantitative estimate of drug-likeness (QED) is 0.599. The molecule has 0 aliphatic carbocycles. The van der Waals surface area contributed by atoms with Crippen LogP contribution in [0.25, 0.3) is 0 Å². The van der Waals surface area contributed by atoms with Gasteiger partial charge in [0.05, 0.1) is 14.2 Å². The Morgan fingerprint density at radius 3 is 2.23 bits per heavy atom. The van der Waals surface area contributed by atoms with Crippen LogP contribution in [0.4, 0.5) is 4.79 Å². The molecule has 1 heterocycles. The fourth-order valence-corrected chi connectivity index (χ4v) is 3.69. The van der Waals surface area contributed by atoms with Crippen LogP contribution in [-0.4, -0.2) is 55.6 Å². The third-order valence-corrected chi connectivity index (χ3v) is 5.29. The number of carbonyl (C=O) groups excluding carboxylic acids is 3. The molecule has 0 aromatic heterocycles. The van der Waals surface area contributed by atoms with Gasteiger partial charge in [-0.1, -0.05) is 36.4 Å². The zero-order chi connectivity index (χ0) is 22.4. The van der Waals surface area contributed by atoms with E-state index >= 15 is 0 Å². The zero-order valence-electron chi connectivity index (χ0n) is 17.9. The molecular formula is C23H27N3O5. The Morgan fingerprint density at radius 1 is 1.00 bits per heavy atom. The van der Waals surface area contributed by atoms with Crippen LogP contribution in [-0.2, 0) is 22.4 Å². The van der Waals surface area contributed by atoms with E-state index in [0.717, 1.165) is 21.8 Å². The Balaban J connectivity index is 1.58. The van der Waals surface area contributed by atoms with Gasteiger partial charge in [0.2, 0.25) is 5.91 Å². The Morgan fingerprint density at radius 2 is 1.58 bits per heavy atom. The summed E-state index contributed by atoms with van der Waals surface area (Å²) >= 11 is 0. The van der Waals surface area contributed by atoms with Crippen LogP contribution >= 0.6 is 0 Å². The van der Waals surface area contributed by atoms with Gasteiger partial charge in [0, 0.05) is 13.0 Å². The van der Waals surface area contributed by atoms with Gasteiger partial charge in [-0.25, -0.2) is 4.79 Å². The molecule has 8 nitrogen and oxygen atoms in total. The molecule has 0 unspecified atom stereocenters. The Bertz CT molecular complexity index is 977. The van der Waals surface area contributed by atoms with Crippen molar-refractivity contribution in [1.82, 2.24) is 15.5 Å². The SMILES string of the molecule is COc1ccccc1CCNC(=O)CN1C(=O)N[C@@](C)(Cc2ccccc2OC)C1=O. The summed E-state index contributed by atoms with van der Waals surface area (Å²) in [5, 5.41) is 5.48. The molecule has 1 atom stereocenters. The van der Waals surface area contributed by atoms with Gasteiger partial charge >= 0.3 is 6.03 Å². The van der Waals surface area contributed by atoms with E-state index in [2.05, 4.69) is 10.6 Å². The number of amides is 4. The lowest BCUT2D eigenvalue weighted by atomic mass is 9.92. The lowest BCUT2D eigenvalue weighted by Crippen LogP contribution is -2.47. The third kappa shape index (κ3) is 4.96. The summed E-state index contributed by atoms with van der Waals surface area (Å²) in [5.41, 5.74) is 0.609. The number of para-hydroxylation sites is 2. The van der Waals surface area contributed by atoms with Crippen LogP contribution in [0.15, 0.2) is 48.5 Å². The number of hydrogen-bond donors (Lipinski definition) is 2. The number of nitrogens with one attached hydrogen (secondary N) is 2. The Hall–Kier alpha value is -3.55. The maximum Gasteiger partial charge on any atom is 0.325 e. The fourth-order valence-electron chi connectivity index (χ4n) is 3.69. The van der Waals surface area contributed by atoms with Gasteiger partial charge in [-0.2, -0.15) is 0 Å². The second kappa shape index (κ2) is 9.51. The van der Waals surface area contributed by atoms with Crippen molar-refractivity contribution in [3.63, 3.8) is 0 Å². The van der Waals surface area contributed by atoms with Crippen LogP contribution in [0.2, 0.25) is 0 Å². The molecule has 2 N–H and O–H groups in total. The van der Waals surface area contributed by atoms with Gasteiger partial charge in [0.15, 0.2) is 0 Å². The number of hydrogen-bond acceptors (Lipinski definition) is 5. The first-order valence-electron chi connectivity index (χ1n) is 10.0. The average Bonchev–Trinajstić information content (AvgIpc) is 2.97. The van der Waals surface area contributed by atoms with Gasteiger partial charge < -0.3 is 20.1 Å². The number of methoxy groups -OCH3 is 2. The highest BCUT2D eigenvalue weighted by Gasteiger charge is 2.48. The summed E-state index contributed by atoms with van der Waals surface area (Å²) in [4.78, 5) is 38.7. The van der Waals surface area contributed by atoms with Crippen molar-refractivity contribution in [3.05, 3.63) is 59.7 Å². The molecule has 1 fully saturated rings. The minimum Gasteiger partial charge on any atom is -0.496 e. The summed E-state index contributed by atoms with van der Waals surface area (Å²) < 4.78 is 10.6. The van der Waals surface area contributed by atoms with Crippen LogP contribution in [0.1, 0.15) is 18.1 Å². The summed E-state index contributed by atoms with van der Waals surface area (Å²) in [6, 6.07) is 14.3. The molecule has 0 radical (unpaired) electrons. The molecule has 4 amide bonds. The second-order valence-corrected chi connectivity index (χ2v) is 7.55. The highest BCUT2D eigenvalue weighted by Crippen LogP contribution is 2.27. The van der Waals surface area contributed by atoms with Crippen molar-refractivity contribution in [1.29, 1.82) is 0 Å². The molecule has 31 heavy (non-hydrogen) atoms. The van der Waals surface area contributed by atoms with Gasteiger partial charge in [0.25, 0.3) is 5.91 Å². The first kappa shape index (κ1) is 22.1. The number of rotatable bonds is 9. The maximum absolute atomic E-state index is 13.0. The van der Waals surface area contributed by atoms with Crippen LogP contribution in [0, 0.1) is 0 Å². The monoisotopic (exact) mass is 425 g/mol. The molecular weight excluding hydrogens is 398 g/mol. The van der Waals surface area contributed by atoms with Crippen LogP contribution < -0.4 is 20.1 Å². The molecule has 1 aliphatic heterocycles. The zero-order valence-corrected chi connectivity index (χ0v) is 17.9. The molecule has 0 bridgehead atoms. The van der Waals surface area contributed by atoms with Crippen molar-refractivity contribution in [2.75, 3.05) is 27.3 Å². The summed E-state index contributed by atoms with van der Waals surface area (Å²) in [6.45, 7) is 1.68. The van der Waals surface area contributed by atoms with Crippen LogP contribution in [0.3, 0.4) is 0 Å². The van der Waals surface area contributed by atoms with E-state index in [1.165, 1.54) is 0 Å². The normalized spacial score (nSPS) is 18.0. The van der Waals surface area contributed by atoms with E-state index < -0.39 is 23.4 Å². The first-order valence-corrected chi connectivity index (χ1v) is 10.0. The van der Waals surface area contributed by atoms with E-state index in [1.807, 2.05) is 42.5 Å². The standard InChI is InChI=1S/C23H27N3O5/c1-23(14-17-9-5-7-11-19(17)31-3)21(28)26(22(29)25-23)15-20(27)24-13-12-16-8-4-6-10-18(16)30-2/h4-11H,12-15H2,1-3H3,(H,24,27)(H,25,29)/t23-/m0/s1. The number of urea groups is 1. The van der Waals surface area contributed by atoms with Gasteiger partial charge in [0.1, 0.15) is 23.6 Å². The average molecular weight is 425 g/mol. The summed E-state index contributed by atoms with van der Waals surface area (Å²) in [5.74, 6) is 0.541. The molecule has 164 valence electrons. The van der Waals surface area contributed by atoms with Gasteiger partial charge in [-0.15, -0.1) is 0 Å². The second-order valence-electron chi connectivity index (χ2n) is 7.55. The molecule has 1 aliphatic rings. The highest BCUT2D eigenvalue weighted by atomic mass is 16.5. The maximum atomic E-state index is 13.0. The number of nitrogens with zero attached hydrogens (tertiary/aromatic N) is 1. The summed E-state index contributed by atoms with van der Waals surface area (Å²) in [6.07, 6.45) is 0.828. The van der Waals surface area contributed by atoms with E-state index in [4.69, 9.17) is 9.47 Å². The van der Waals surface area contributed by atoms with E-state index in [9.17, 15) is 14.4 Å². The topological polar surface area (TPSA) is 97.0 Å². The molecule has 2 aromatic rings. The molecule has 2 aromatic carbocycles. The van der Waals surface area contributed by atoms with Crippen LogP contribution in [0.5, 0.6) is 11.5 Å². The number of benzene rings is 2. The van der Waals surface area contributed by atoms with Gasteiger partial charge in [-0.05, 0) is 36.6 Å².